The zero-order chi connectivity index (χ0) is 9.97. The zero-order valence-corrected chi connectivity index (χ0v) is 9.14. The van der Waals surface area contributed by atoms with E-state index in [2.05, 4.69) is 46.6 Å². The van der Waals surface area contributed by atoms with Crippen molar-refractivity contribution in [3.63, 3.8) is 0 Å². The van der Waals surface area contributed by atoms with Crippen LogP contribution in [-0.2, 0) is 7.05 Å². The molecule has 0 unspecified atom stereocenters. The molecule has 1 aromatic heterocycles. The summed E-state index contributed by atoms with van der Waals surface area (Å²) in [4.78, 5) is 0. The Kier molecular flexibility index (Phi) is 2.50. The third-order valence-electron chi connectivity index (χ3n) is 2.23. The Morgan fingerprint density at radius 2 is 1.93 bits per heavy atom. The number of hydrogen-bond acceptors (Lipinski definition) is 2. The molecular formula is C11H13N2S+. The third-order valence-corrected chi connectivity index (χ3v) is 3.27. The standard InChI is InChI=1S/C11H12N2S/c1-12-11-13(2)10(8-14-11)9-6-4-3-5-7-9/h3-8H,1-2H3/p+1. The minimum Gasteiger partial charge on any atom is -0.268 e. The largest absolute Gasteiger partial charge is 0.333 e. The normalized spacial score (nSPS) is 10.1. The molecule has 0 saturated carbocycles. The molecule has 2 nitrogen and oxygen atoms in total. The van der Waals surface area contributed by atoms with Gasteiger partial charge in [-0.3, -0.25) is 5.32 Å². The van der Waals surface area contributed by atoms with E-state index in [-0.39, 0.29) is 0 Å². The van der Waals surface area contributed by atoms with Crippen LogP contribution in [0.3, 0.4) is 0 Å². The van der Waals surface area contributed by atoms with Gasteiger partial charge >= 0.3 is 5.13 Å². The Labute approximate surface area is 87.8 Å². The first-order valence-electron chi connectivity index (χ1n) is 4.53. The van der Waals surface area contributed by atoms with Crippen LogP contribution in [-0.4, -0.2) is 7.05 Å². The average molecular weight is 205 g/mol. The van der Waals surface area contributed by atoms with Crippen molar-refractivity contribution in [1.82, 2.24) is 0 Å². The van der Waals surface area contributed by atoms with Crippen molar-refractivity contribution in [1.29, 1.82) is 0 Å². The Hall–Kier alpha value is -1.35. The van der Waals surface area contributed by atoms with E-state index in [0.29, 0.717) is 0 Å². The van der Waals surface area contributed by atoms with Gasteiger partial charge in [0.1, 0.15) is 5.69 Å². The summed E-state index contributed by atoms with van der Waals surface area (Å²) in [6.07, 6.45) is 0. The zero-order valence-electron chi connectivity index (χ0n) is 8.32. The predicted molar refractivity (Wildman–Crippen MR) is 60.5 cm³/mol. The van der Waals surface area contributed by atoms with Gasteiger partial charge < -0.3 is 0 Å². The molecule has 0 aliphatic carbocycles. The van der Waals surface area contributed by atoms with Crippen LogP contribution in [0.15, 0.2) is 35.7 Å². The summed E-state index contributed by atoms with van der Waals surface area (Å²) in [5.74, 6) is 0. The van der Waals surface area contributed by atoms with Gasteiger partial charge in [-0.05, 0) is 0 Å². The Balaban J connectivity index is 2.48. The fourth-order valence-corrected chi connectivity index (χ4v) is 2.37. The molecule has 14 heavy (non-hydrogen) atoms. The highest BCUT2D eigenvalue weighted by Gasteiger charge is 2.12. The molecule has 0 fully saturated rings. The van der Waals surface area contributed by atoms with Crippen molar-refractivity contribution in [3.8, 4) is 11.3 Å². The third kappa shape index (κ3) is 1.51. The highest BCUT2D eigenvalue weighted by molar-refractivity contribution is 7.13. The molecule has 0 spiro atoms. The first-order valence-corrected chi connectivity index (χ1v) is 5.41. The number of rotatable bonds is 2. The minimum atomic E-state index is 1.17. The van der Waals surface area contributed by atoms with E-state index in [9.17, 15) is 0 Å². The molecular weight excluding hydrogens is 192 g/mol. The highest BCUT2D eigenvalue weighted by atomic mass is 32.1. The maximum Gasteiger partial charge on any atom is 0.333 e. The highest BCUT2D eigenvalue weighted by Crippen LogP contribution is 2.21. The molecule has 0 radical (unpaired) electrons. The van der Waals surface area contributed by atoms with Crippen LogP contribution >= 0.6 is 11.3 Å². The van der Waals surface area contributed by atoms with E-state index >= 15 is 0 Å². The van der Waals surface area contributed by atoms with Gasteiger partial charge in [0.25, 0.3) is 0 Å². The van der Waals surface area contributed by atoms with E-state index < -0.39 is 0 Å². The first kappa shape index (κ1) is 9.21. The summed E-state index contributed by atoms with van der Waals surface area (Å²) < 4.78 is 2.17. The van der Waals surface area contributed by atoms with Crippen LogP contribution in [0.1, 0.15) is 0 Å². The lowest BCUT2D eigenvalue weighted by Gasteiger charge is -1.98. The van der Waals surface area contributed by atoms with Gasteiger partial charge in [0, 0.05) is 10.9 Å². The molecule has 3 heteroatoms. The molecule has 2 aromatic rings. The Bertz CT molecular complexity index is 420. The molecule has 0 atom stereocenters. The van der Waals surface area contributed by atoms with Gasteiger partial charge in [-0.15, -0.1) is 0 Å². The number of hydrogen-bond donors (Lipinski definition) is 1. The summed E-state index contributed by atoms with van der Waals surface area (Å²) in [6, 6.07) is 10.4. The van der Waals surface area contributed by atoms with Crippen molar-refractivity contribution in [2.75, 3.05) is 12.4 Å². The molecule has 2 rings (SSSR count). The lowest BCUT2D eigenvalue weighted by atomic mass is 10.2. The molecule has 72 valence electrons. The van der Waals surface area contributed by atoms with Crippen LogP contribution in [0.4, 0.5) is 5.13 Å². The van der Waals surface area contributed by atoms with E-state index in [0.717, 1.165) is 0 Å². The molecule has 0 saturated heterocycles. The van der Waals surface area contributed by atoms with Crippen LogP contribution in [0.25, 0.3) is 11.3 Å². The molecule has 0 bridgehead atoms. The lowest BCUT2D eigenvalue weighted by molar-refractivity contribution is -0.641. The maximum atomic E-state index is 3.17. The Morgan fingerprint density at radius 3 is 2.50 bits per heavy atom. The van der Waals surface area contributed by atoms with Crippen LogP contribution in [0.2, 0.25) is 0 Å². The van der Waals surface area contributed by atoms with Crippen molar-refractivity contribution < 1.29 is 4.57 Å². The number of aromatic nitrogens is 1. The van der Waals surface area contributed by atoms with Crippen molar-refractivity contribution in [2.45, 2.75) is 0 Å². The molecule has 1 heterocycles. The molecule has 0 amide bonds. The van der Waals surface area contributed by atoms with E-state index in [4.69, 9.17) is 0 Å². The summed E-state index contributed by atoms with van der Waals surface area (Å²) in [7, 11) is 4.02. The lowest BCUT2D eigenvalue weighted by Crippen LogP contribution is -2.30. The fraction of sp³-hybridized carbons (Fsp3) is 0.182. The van der Waals surface area contributed by atoms with Crippen LogP contribution in [0, 0.1) is 0 Å². The van der Waals surface area contributed by atoms with Gasteiger partial charge in [-0.25, -0.2) is 4.57 Å². The number of thiazole rings is 1. The first-order chi connectivity index (χ1) is 6.83. The number of nitrogens with zero attached hydrogens (tertiary/aromatic N) is 1. The second-order valence-electron chi connectivity index (χ2n) is 3.10. The van der Waals surface area contributed by atoms with Gasteiger partial charge in [-0.2, -0.15) is 0 Å². The van der Waals surface area contributed by atoms with Crippen LogP contribution in [0.5, 0.6) is 0 Å². The second-order valence-corrected chi connectivity index (χ2v) is 3.96. The summed E-state index contributed by atoms with van der Waals surface area (Å²) in [5.41, 5.74) is 2.51. The smallest absolute Gasteiger partial charge is 0.268 e. The predicted octanol–water partition coefficient (Wildman–Crippen LogP) is 2.28. The quantitative estimate of drug-likeness (QED) is 0.744. The average Bonchev–Trinajstić information content (AvgIpc) is 2.61. The van der Waals surface area contributed by atoms with Gasteiger partial charge in [0.15, 0.2) is 0 Å². The number of nitrogens with one attached hydrogen (secondary N) is 1. The number of benzene rings is 1. The summed E-state index contributed by atoms with van der Waals surface area (Å²) >= 11 is 1.72. The van der Waals surface area contributed by atoms with Gasteiger partial charge in [0.05, 0.1) is 14.1 Å². The SMILES string of the molecule is CNc1scc(-c2ccccc2)[n+]1C. The van der Waals surface area contributed by atoms with E-state index in [1.165, 1.54) is 16.4 Å². The van der Waals surface area contributed by atoms with Crippen molar-refractivity contribution in [2.24, 2.45) is 7.05 Å². The molecule has 0 aliphatic rings. The van der Waals surface area contributed by atoms with Gasteiger partial charge in [0.2, 0.25) is 0 Å². The molecule has 1 N–H and O–H groups in total. The Morgan fingerprint density at radius 1 is 1.21 bits per heavy atom. The van der Waals surface area contributed by atoms with Gasteiger partial charge in [-0.1, -0.05) is 41.7 Å². The molecule has 1 aromatic carbocycles. The summed E-state index contributed by atoms with van der Waals surface area (Å²) in [6.45, 7) is 0. The summed E-state index contributed by atoms with van der Waals surface area (Å²) in [5, 5.41) is 6.50. The van der Waals surface area contributed by atoms with Crippen molar-refractivity contribution in [3.05, 3.63) is 35.7 Å². The minimum absolute atomic E-state index is 1.17. The van der Waals surface area contributed by atoms with E-state index in [1.807, 2.05) is 13.1 Å². The molecule has 0 aliphatic heterocycles. The maximum absolute atomic E-state index is 3.17. The van der Waals surface area contributed by atoms with E-state index in [1.54, 1.807) is 11.3 Å². The monoisotopic (exact) mass is 205 g/mol. The second kappa shape index (κ2) is 3.80. The van der Waals surface area contributed by atoms with Crippen LogP contribution < -0.4 is 9.88 Å². The van der Waals surface area contributed by atoms with Crippen molar-refractivity contribution >= 4 is 16.5 Å². The number of anilines is 1. The fourth-order valence-electron chi connectivity index (χ4n) is 1.48. The topological polar surface area (TPSA) is 15.9 Å².